The van der Waals surface area contributed by atoms with Gasteiger partial charge < -0.3 is 34.1 Å². The highest BCUT2D eigenvalue weighted by atomic mass is 32.1. The van der Waals surface area contributed by atoms with Crippen LogP contribution in [0.2, 0.25) is 0 Å². The van der Waals surface area contributed by atoms with Gasteiger partial charge in [0, 0.05) is 167 Å². The van der Waals surface area contributed by atoms with E-state index in [1.54, 1.807) is 6.20 Å². The van der Waals surface area contributed by atoms with Crippen molar-refractivity contribution in [3.8, 4) is 0 Å². The standard InChI is InChI=1S/C27H38N4O2.C26H38N6O.C26H37N5OS/c1-19(2)9-10-21(15-22-17-28-24-8-6-5-7-23(22)24)16-25(32)26-18-29-27(33-26)31-13-11-30(12-14-31)20(3)4;1-18(2)9-10-20(15-21-17-27-23-8-6-5-7-22(21)23)16-24(33)25-28-26(30-29-25)32-13-11-31(12-14-32)19(3)4;1-18(2)9-10-20(15-21-17-27-23-8-6-5-7-22(21)23)16-24(32)25-28-29-26(33-25)31-13-11-30(12-14-31)19(3)4/h5-8,17-21,28H,9-16H2,1-4H3;5-8,17-20,27H,9-16H2,1-4H3,(H,28,29,30);5-8,17-20,27H,9-16H2,1-4H3. The van der Waals surface area contributed by atoms with E-state index < -0.39 is 0 Å². The zero-order chi connectivity index (χ0) is 70.1. The Kier molecular flexibility index (Phi) is 26.7. The molecule has 3 aliphatic heterocycles. The number of hydrogen-bond acceptors (Lipinski definition) is 16. The summed E-state index contributed by atoms with van der Waals surface area (Å²) in [6.45, 7) is 38.3. The summed E-state index contributed by atoms with van der Waals surface area (Å²) in [6, 6.07) is 27.4. The topological polar surface area (TPSA) is 211 Å². The van der Waals surface area contributed by atoms with Crippen LogP contribution in [0.4, 0.5) is 17.1 Å². The van der Waals surface area contributed by atoms with E-state index in [1.807, 2.05) is 12.1 Å². The SMILES string of the molecule is CC(C)CCC(CC(=O)c1cnc(N2CCN(C(C)C)CC2)o1)Cc1c[nH]c2ccccc12.CC(C)CCC(CC(=O)c1nc(N2CCN(C(C)C)CC2)n[nH]1)Cc1c[nH]c2ccccc12.CC(C)CCC(CC(=O)c1nnc(N2CCN(C(C)C)CC2)s1)Cc1c[nH]c2ccccc12. The third kappa shape index (κ3) is 20.8. The average Bonchev–Trinajstić information content (AvgIpc) is 1.72. The van der Waals surface area contributed by atoms with Crippen LogP contribution in [0.25, 0.3) is 32.7 Å². The number of nitrogens with one attached hydrogen (secondary N) is 4. The van der Waals surface area contributed by atoms with E-state index in [4.69, 9.17) is 4.42 Å². The van der Waals surface area contributed by atoms with Crippen molar-refractivity contribution < 1.29 is 18.8 Å². The molecule has 0 spiro atoms. The predicted octanol–water partition coefficient (Wildman–Crippen LogP) is 15.7. The molecule has 0 bridgehead atoms. The van der Waals surface area contributed by atoms with Crippen molar-refractivity contribution in [1.29, 1.82) is 0 Å². The lowest BCUT2D eigenvalue weighted by molar-refractivity contribution is 0.0926. The van der Waals surface area contributed by atoms with Crippen LogP contribution < -0.4 is 14.7 Å². The number of piperazine rings is 3. The summed E-state index contributed by atoms with van der Waals surface area (Å²) in [5.74, 6) is 4.42. The van der Waals surface area contributed by atoms with Gasteiger partial charge in [0.1, 0.15) is 0 Å². The Morgan fingerprint density at radius 3 is 1.28 bits per heavy atom. The molecule has 20 heteroatoms. The molecule has 12 rings (SSSR count). The Labute approximate surface area is 592 Å². The first kappa shape index (κ1) is 74.2. The zero-order valence-electron chi connectivity index (χ0n) is 61.4. The van der Waals surface area contributed by atoms with Gasteiger partial charge in [-0.3, -0.25) is 34.2 Å². The van der Waals surface area contributed by atoms with Crippen molar-refractivity contribution >= 4 is 78.5 Å². The van der Waals surface area contributed by atoms with E-state index in [0.717, 1.165) is 158 Å². The molecule has 9 heterocycles. The number of H-pyrrole nitrogens is 4. The summed E-state index contributed by atoms with van der Waals surface area (Å²) in [5, 5.41) is 21.2. The molecule has 6 aromatic heterocycles. The number of rotatable bonds is 30. The number of anilines is 3. The van der Waals surface area contributed by atoms with Crippen LogP contribution in [-0.2, 0) is 19.3 Å². The van der Waals surface area contributed by atoms with Gasteiger partial charge in [-0.2, -0.15) is 4.98 Å². The minimum absolute atomic E-state index is 0.0585. The predicted molar refractivity (Wildman–Crippen MR) is 405 cm³/mol. The van der Waals surface area contributed by atoms with Gasteiger partial charge in [-0.1, -0.05) is 127 Å². The van der Waals surface area contributed by atoms with E-state index in [9.17, 15) is 14.4 Å². The molecule has 0 radical (unpaired) electrons. The third-order valence-electron chi connectivity index (χ3n) is 20.5. The number of carbonyl (C=O) groups is 3. The van der Waals surface area contributed by atoms with Crippen molar-refractivity contribution in [2.45, 2.75) is 178 Å². The first-order valence-electron chi connectivity index (χ1n) is 37.1. The molecule has 3 saturated heterocycles. The molecule has 0 saturated carbocycles. The minimum Gasteiger partial charge on any atom is -0.420 e. The number of Topliss-reactive ketones (excluding diaryl/α,β-unsaturated/α-hetero) is 3. The molecule has 0 aliphatic carbocycles. The second-order valence-electron chi connectivity index (χ2n) is 30.3. The number of aromatic amines is 4. The zero-order valence-corrected chi connectivity index (χ0v) is 62.2. The van der Waals surface area contributed by atoms with Gasteiger partial charge in [0.25, 0.3) is 6.01 Å². The molecular weight excluding hydrogens is 1260 g/mol. The Morgan fingerprint density at radius 2 is 0.859 bits per heavy atom. The molecule has 4 N–H and O–H groups in total. The van der Waals surface area contributed by atoms with Crippen LogP contribution >= 0.6 is 11.3 Å². The van der Waals surface area contributed by atoms with E-state index in [1.165, 1.54) is 44.2 Å². The Balaban J connectivity index is 0.000000161. The summed E-state index contributed by atoms with van der Waals surface area (Å²) in [6.07, 6.45) is 18.6. The van der Waals surface area contributed by atoms with Gasteiger partial charge in [0.05, 0.1) is 6.20 Å². The molecule has 9 aromatic rings. The second kappa shape index (κ2) is 35.7. The summed E-state index contributed by atoms with van der Waals surface area (Å²) in [7, 11) is 0. The number of hydrogen-bond donors (Lipinski definition) is 4. The fraction of sp³-hybridized carbons (Fsp3) is 0.570. The molecule has 19 nitrogen and oxygen atoms in total. The molecule has 3 aliphatic rings. The fourth-order valence-corrected chi connectivity index (χ4v) is 15.1. The molecular formula is C79H113N15O4S. The molecule has 3 aromatic carbocycles. The lowest BCUT2D eigenvalue weighted by Crippen LogP contribution is -2.49. The molecule has 3 fully saturated rings. The van der Waals surface area contributed by atoms with Crippen molar-refractivity contribution in [1.82, 2.24) is 60.0 Å². The van der Waals surface area contributed by atoms with E-state index in [2.05, 4.69) is 237 Å². The highest BCUT2D eigenvalue weighted by molar-refractivity contribution is 7.17. The summed E-state index contributed by atoms with van der Waals surface area (Å²) in [4.78, 5) is 72.7. The van der Waals surface area contributed by atoms with E-state index >= 15 is 0 Å². The van der Waals surface area contributed by atoms with Crippen molar-refractivity contribution in [2.24, 2.45) is 35.5 Å². The van der Waals surface area contributed by atoms with E-state index in [0.29, 0.717) is 89.6 Å². The largest absolute Gasteiger partial charge is 0.420 e. The van der Waals surface area contributed by atoms with Crippen LogP contribution in [0, 0.1) is 35.5 Å². The van der Waals surface area contributed by atoms with Crippen molar-refractivity contribution in [3.63, 3.8) is 0 Å². The maximum Gasteiger partial charge on any atom is 0.297 e. The summed E-state index contributed by atoms with van der Waals surface area (Å²) < 4.78 is 5.95. The Bertz CT molecular complexity index is 3540. The Morgan fingerprint density at radius 1 is 0.465 bits per heavy atom. The summed E-state index contributed by atoms with van der Waals surface area (Å²) >= 11 is 1.46. The molecule has 534 valence electrons. The molecule has 0 amide bonds. The quantitative estimate of drug-likeness (QED) is 0.0309. The van der Waals surface area contributed by atoms with E-state index in [-0.39, 0.29) is 29.2 Å². The van der Waals surface area contributed by atoms with Crippen LogP contribution in [-0.4, -0.2) is 174 Å². The third-order valence-corrected chi connectivity index (χ3v) is 21.6. The highest BCUT2D eigenvalue weighted by Crippen LogP contribution is 2.33. The molecule has 3 atom stereocenters. The van der Waals surface area contributed by atoms with Gasteiger partial charge in [-0.05, 0) is 150 Å². The average molecular weight is 1370 g/mol. The van der Waals surface area contributed by atoms with Gasteiger partial charge >= 0.3 is 0 Å². The normalized spacial score (nSPS) is 16.2. The van der Waals surface area contributed by atoms with Gasteiger partial charge in [-0.15, -0.1) is 15.3 Å². The Hall–Kier alpha value is -7.52. The van der Waals surface area contributed by atoms with Gasteiger partial charge in [-0.25, -0.2) is 4.98 Å². The molecule has 99 heavy (non-hydrogen) atoms. The number of para-hydroxylation sites is 3. The van der Waals surface area contributed by atoms with Gasteiger partial charge in [0.15, 0.2) is 33.9 Å². The van der Waals surface area contributed by atoms with Crippen LogP contribution in [0.3, 0.4) is 0 Å². The first-order valence-corrected chi connectivity index (χ1v) is 38.0. The number of carbonyl (C=O) groups excluding carboxylic acids is 3. The summed E-state index contributed by atoms with van der Waals surface area (Å²) in [5.41, 5.74) is 7.33. The number of aromatic nitrogens is 9. The van der Waals surface area contributed by atoms with Crippen LogP contribution in [0.15, 0.2) is 102 Å². The van der Waals surface area contributed by atoms with Gasteiger partial charge in [0.2, 0.25) is 11.1 Å². The number of benzene rings is 3. The fourth-order valence-electron chi connectivity index (χ4n) is 14.3. The molecule has 3 unspecified atom stereocenters. The monoisotopic (exact) mass is 1370 g/mol. The lowest BCUT2D eigenvalue weighted by atomic mass is 9.87. The van der Waals surface area contributed by atoms with Crippen molar-refractivity contribution in [2.75, 3.05) is 93.2 Å². The maximum atomic E-state index is 13.2. The second-order valence-corrected chi connectivity index (χ2v) is 31.3. The number of ketones is 3. The number of fused-ring (bicyclic) bond motifs is 3. The van der Waals surface area contributed by atoms with Crippen LogP contribution in [0.5, 0.6) is 0 Å². The highest BCUT2D eigenvalue weighted by Gasteiger charge is 2.29. The van der Waals surface area contributed by atoms with Crippen molar-refractivity contribution in [3.05, 3.63) is 131 Å². The minimum atomic E-state index is 0.0585. The maximum absolute atomic E-state index is 13.2. The lowest BCUT2D eigenvalue weighted by Gasteiger charge is -2.36. The van der Waals surface area contributed by atoms with Crippen LogP contribution in [0.1, 0.15) is 189 Å². The smallest absolute Gasteiger partial charge is 0.297 e. The first-order chi connectivity index (χ1) is 47.7. The number of nitrogens with zero attached hydrogens (tertiary/aromatic N) is 11. The number of oxazole rings is 1.